The van der Waals surface area contributed by atoms with E-state index in [0.717, 1.165) is 25.9 Å². The SMILES string of the molecule is CCN1CCCC(C(=O)O)C1C. The second kappa shape index (κ2) is 3.90. The molecule has 70 valence electrons. The molecule has 0 amide bonds. The monoisotopic (exact) mass is 171 g/mol. The van der Waals surface area contributed by atoms with Crippen molar-refractivity contribution in [3.05, 3.63) is 0 Å². The third-order valence-electron chi connectivity index (χ3n) is 2.84. The second-order valence-corrected chi connectivity index (χ2v) is 3.46. The normalized spacial score (nSPS) is 31.8. The zero-order valence-electron chi connectivity index (χ0n) is 7.79. The van der Waals surface area contributed by atoms with Gasteiger partial charge in [0.05, 0.1) is 5.92 Å². The van der Waals surface area contributed by atoms with E-state index in [9.17, 15) is 4.79 Å². The molecule has 0 aromatic carbocycles. The van der Waals surface area contributed by atoms with Gasteiger partial charge in [0.1, 0.15) is 0 Å². The highest BCUT2D eigenvalue weighted by molar-refractivity contribution is 5.70. The lowest BCUT2D eigenvalue weighted by Gasteiger charge is -2.36. The summed E-state index contributed by atoms with van der Waals surface area (Å²) in [5.74, 6) is -0.792. The molecule has 0 saturated carbocycles. The topological polar surface area (TPSA) is 40.5 Å². The van der Waals surface area contributed by atoms with Crippen molar-refractivity contribution >= 4 is 5.97 Å². The third kappa shape index (κ3) is 1.78. The Labute approximate surface area is 73.4 Å². The van der Waals surface area contributed by atoms with Gasteiger partial charge in [-0.3, -0.25) is 4.79 Å². The lowest BCUT2D eigenvalue weighted by molar-refractivity contribution is -0.145. The summed E-state index contributed by atoms with van der Waals surface area (Å²) in [5, 5.41) is 8.90. The molecule has 0 spiro atoms. The summed E-state index contributed by atoms with van der Waals surface area (Å²) in [4.78, 5) is 13.0. The maximum atomic E-state index is 10.8. The molecule has 2 unspecified atom stereocenters. The number of carboxylic acids is 1. The van der Waals surface area contributed by atoms with Crippen molar-refractivity contribution in [2.45, 2.75) is 32.7 Å². The number of piperidine rings is 1. The molecule has 1 saturated heterocycles. The van der Waals surface area contributed by atoms with Crippen molar-refractivity contribution in [1.29, 1.82) is 0 Å². The first-order chi connectivity index (χ1) is 5.66. The Kier molecular flexibility index (Phi) is 3.09. The van der Waals surface area contributed by atoms with E-state index in [4.69, 9.17) is 5.11 Å². The molecule has 12 heavy (non-hydrogen) atoms. The Hall–Kier alpha value is -0.570. The van der Waals surface area contributed by atoms with Crippen molar-refractivity contribution in [1.82, 2.24) is 4.90 Å². The number of rotatable bonds is 2. The summed E-state index contributed by atoms with van der Waals surface area (Å²) in [6.07, 6.45) is 1.86. The van der Waals surface area contributed by atoms with Crippen LogP contribution in [0.2, 0.25) is 0 Å². The molecule has 1 aliphatic heterocycles. The largest absolute Gasteiger partial charge is 0.481 e. The van der Waals surface area contributed by atoms with E-state index in [1.807, 2.05) is 6.92 Å². The molecule has 0 bridgehead atoms. The Bertz CT molecular complexity index is 170. The van der Waals surface area contributed by atoms with E-state index in [0.29, 0.717) is 0 Å². The maximum absolute atomic E-state index is 10.8. The van der Waals surface area contributed by atoms with Gasteiger partial charge in [-0.25, -0.2) is 0 Å². The van der Waals surface area contributed by atoms with Gasteiger partial charge in [0.25, 0.3) is 0 Å². The predicted molar refractivity (Wildman–Crippen MR) is 47.1 cm³/mol. The van der Waals surface area contributed by atoms with Crippen LogP contribution in [0.4, 0.5) is 0 Å². The summed E-state index contributed by atoms with van der Waals surface area (Å²) in [5.41, 5.74) is 0. The molecule has 0 radical (unpaired) electrons. The minimum absolute atomic E-state index is 0.154. The Morgan fingerprint density at radius 3 is 2.83 bits per heavy atom. The maximum Gasteiger partial charge on any atom is 0.308 e. The molecule has 1 aliphatic rings. The minimum Gasteiger partial charge on any atom is -0.481 e. The summed E-state index contributed by atoms with van der Waals surface area (Å²) in [6.45, 7) is 6.12. The van der Waals surface area contributed by atoms with Gasteiger partial charge in [0.2, 0.25) is 0 Å². The number of hydrogen-bond acceptors (Lipinski definition) is 2. The summed E-state index contributed by atoms with van der Waals surface area (Å²) in [6, 6.07) is 0.209. The highest BCUT2D eigenvalue weighted by Crippen LogP contribution is 2.22. The molecule has 1 rings (SSSR count). The Morgan fingerprint density at radius 1 is 1.67 bits per heavy atom. The molecule has 3 heteroatoms. The third-order valence-corrected chi connectivity index (χ3v) is 2.84. The Morgan fingerprint density at radius 2 is 2.33 bits per heavy atom. The summed E-state index contributed by atoms with van der Waals surface area (Å²) >= 11 is 0. The van der Waals surface area contributed by atoms with Crippen LogP contribution in [-0.4, -0.2) is 35.1 Å². The first-order valence-electron chi connectivity index (χ1n) is 4.63. The fourth-order valence-electron chi connectivity index (χ4n) is 1.99. The van der Waals surface area contributed by atoms with Crippen LogP contribution in [0.1, 0.15) is 26.7 Å². The lowest BCUT2D eigenvalue weighted by Crippen LogP contribution is -2.45. The quantitative estimate of drug-likeness (QED) is 0.678. The zero-order chi connectivity index (χ0) is 9.14. The fourth-order valence-corrected chi connectivity index (χ4v) is 1.99. The van der Waals surface area contributed by atoms with Crippen LogP contribution in [0.15, 0.2) is 0 Å². The number of likely N-dealkylation sites (tertiary alicyclic amines) is 1. The second-order valence-electron chi connectivity index (χ2n) is 3.46. The highest BCUT2D eigenvalue weighted by Gasteiger charge is 2.31. The lowest BCUT2D eigenvalue weighted by atomic mass is 9.90. The van der Waals surface area contributed by atoms with Crippen molar-refractivity contribution in [3.8, 4) is 0 Å². The van der Waals surface area contributed by atoms with Crippen LogP contribution in [0.5, 0.6) is 0 Å². The number of hydrogen-bond donors (Lipinski definition) is 1. The summed E-state index contributed by atoms with van der Waals surface area (Å²) < 4.78 is 0. The van der Waals surface area contributed by atoms with Crippen molar-refractivity contribution < 1.29 is 9.90 Å². The van der Waals surface area contributed by atoms with Crippen molar-refractivity contribution in [2.75, 3.05) is 13.1 Å². The van der Waals surface area contributed by atoms with Gasteiger partial charge in [-0.1, -0.05) is 6.92 Å². The molecule has 2 atom stereocenters. The van der Waals surface area contributed by atoms with Crippen LogP contribution < -0.4 is 0 Å². The van der Waals surface area contributed by atoms with Gasteiger partial charge >= 0.3 is 5.97 Å². The number of aliphatic carboxylic acids is 1. The van der Waals surface area contributed by atoms with Gasteiger partial charge in [0.15, 0.2) is 0 Å². The highest BCUT2D eigenvalue weighted by atomic mass is 16.4. The first kappa shape index (κ1) is 9.52. The van der Waals surface area contributed by atoms with Crippen molar-refractivity contribution in [3.63, 3.8) is 0 Å². The molecular formula is C9H17NO2. The smallest absolute Gasteiger partial charge is 0.308 e. The van der Waals surface area contributed by atoms with Gasteiger partial charge in [-0.05, 0) is 32.9 Å². The molecule has 0 aliphatic carbocycles. The van der Waals surface area contributed by atoms with Crippen LogP contribution >= 0.6 is 0 Å². The molecular weight excluding hydrogens is 154 g/mol. The number of carbonyl (C=O) groups is 1. The van der Waals surface area contributed by atoms with Gasteiger partial charge < -0.3 is 10.0 Å². The van der Waals surface area contributed by atoms with E-state index in [2.05, 4.69) is 11.8 Å². The zero-order valence-corrected chi connectivity index (χ0v) is 7.79. The summed E-state index contributed by atoms with van der Waals surface area (Å²) in [7, 11) is 0. The van der Waals surface area contributed by atoms with E-state index in [1.165, 1.54) is 0 Å². The average Bonchev–Trinajstić information content (AvgIpc) is 2.04. The van der Waals surface area contributed by atoms with Crippen molar-refractivity contribution in [2.24, 2.45) is 5.92 Å². The fraction of sp³-hybridized carbons (Fsp3) is 0.889. The molecule has 0 aromatic heterocycles. The van der Waals surface area contributed by atoms with E-state index in [-0.39, 0.29) is 12.0 Å². The number of nitrogens with zero attached hydrogens (tertiary/aromatic N) is 1. The molecule has 0 aromatic rings. The van der Waals surface area contributed by atoms with Crippen LogP contribution in [0.3, 0.4) is 0 Å². The van der Waals surface area contributed by atoms with Gasteiger partial charge in [-0.15, -0.1) is 0 Å². The van der Waals surface area contributed by atoms with Gasteiger partial charge in [-0.2, -0.15) is 0 Å². The van der Waals surface area contributed by atoms with E-state index >= 15 is 0 Å². The number of carboxylic acid groups (broad SMARTS) is 1. The van der Waals surface area contributed by atoms with E-state index in [1.54, 1.807) is 0 Å². The average molecular weight is 171 g/mol. The van der Waals surface area contributed by atoms with Gasteiger partial charge in [0, 0.05) is 6.04 Å². The molecule has 3 nitrogen and oxygen atoms in total. The predicted octanol–water partition coefficient (Wildman–Crippen LogP) is 1.19. The molecule has 1 heterocycles. The Balaban J connectivity index is 2.59. The molecule has 1 fully saturated rings. The minimum atomic E-state index is -0.638. The van der Waals surface area contributed by atoms with Crippen LogP contribution in [0, 0.1) is 5.92 Å². The van der Waals surface area contributed by atoms with Crippen LogP contribution in [-0.2, 0) is 4.79 Å². The van der Waals surface area contributed by atoms with E-state index < -0.39 is 5.97 Å². The van der Waals surface area contributed by atoms with Crippen LogP contribution in [0.25, 0.3) is 0 Å². The standard InChI is InChI=1S/C9H17NO2/c1-3-10-6-4-5-8(7(10)2)9(11)12/h7-8H,3-6H2,1-2H3,(H,11,12). The first-order valence-corrected chi connectivity index (χ1v) is 4.63. The molecule has 1 N–H and O–H groups in total.